The van der Waals surface area contributed by atoms with Crippen LogP contribution in [0, 0.1) is 6.92 Å². The standard InChI is InChI=1S/C25H30N2O4/c1-4-5-14-31-22-12-7-18(15-23(22)30-3)8-13-24(28)27-21-16-19(9-6-17(21)2)25(29)26-20-10-11-20/h6-9,12-13,15-16,20H,4-5,10-11,14H2,1-3H3,(H,26,29)(H,27,28). The van der Waals surface area contributed by atoms with Crippen LogP contribution in [-0.2, 0) is 4.79 Å². The van der Waals surface area contributed by atoms with Gasteiger partial charge in [-0.2, -0.15) is 0 Å². The lowest BCUT2D eigenvalue weighted by atomic mass is 10.1. The molecule has 6 heteroatoms. The van der Waals surface area contributed by atoms with Crippen molar-refractivity contribution >= 4 is 23.6 Å². The molecule has 2 aromatic carbocycles. The third-order valence-electron chi connectivity index (χ3n) is 5.04. The first-order valence-electron chi connectivity index (χ1n) is 10.7. The molecule has 0 radical (unpaired) electrons. The van der Waals surface area contributed by atoms with Crippen molar-refractivity contribution in [2.45, 2.75) is 45.6 Å². The van der Waals surface area contributed by atoms with E-state index in [1.807, 2.05) is 31.2 Å². The molecule has 1 aliphatic rings. The first-order valence-corrected chi connectivity index (χ1v) is 10.7. The van der Waals surface area contributed by atoms with Gasteiger partial charge in [-0.1, -0.05) is 25.5 Å². The number of rotatable bonds is 10. The van der Waals surface area contributed by atoms with Gasteiger partial charge >= 0.3 is 0 Å². The van der Waals surface area contributed by atoms with Gasteiger partial charge in [0.1, 0.15) is 0 Å². The van der Waals surface area contributed by atoms with Crippen LogP contribution in [0.25, 0.3) is 6.08 Å². The third kappa shape index (κ3) is 6.60. The first kappa shape index (κ1) is 22.4. The zero-order valence-electron chi connectivity index (χ0n) is 18.4. The molecule has 2 aromatic rings. The van der Waals surface area contributed by atoms with E-state index >= 15 is 0 Å². The summed E-state index contributed by atoms with van der Waals surface area (Å²) in [6, 6.07) is 11.2. The number of hydrogen-bond acceptors (Lipinski definition) is 4. The smallest absolute Gasteiger partial charge is 0.251 e. The topological polar surface area (TPSA) is 76.7 Å². The number of anilines is 1. The van der Waals surface area contributed by atoms with E-state index in [0.717, 1.165) is 36.8 Å². The van der Waals surface area contributed by atoms with Crippen LogP contribution in [0.4, 0.5) is 5.69 Å². The highest BCUT2D eigenvalue weighted by Crippen LogP contribution is 2.29. The monoisotopic (exact) mass is 422 g/mol. The molecule has 1 saturated carbocycles. The SMILES string of the molecule is CCCCOc1ccc(C=CC(=O)Nc2cc(C(=O)NC3CC3)ccc2C)cc1OC. The summed E-state index contributed by atoms with van der Waals surface area (Å²) in [5.41, 5.74) is 2.87. The number of carbonyl (C=O) groups is 2. The molecule has 0 aromatic heterocycles. The van der Waals surface area contributed by atoms with Gasteiger partial charge in [0, 0.05) is 23.4 Å². The van der Waals surface area contributed by atoms with E-state index < -0.39 is 0 Å². The summed E-state index contributed by atoms with van der Waals surface area (Å²) in [6.45, 7) is 4.64. The molecule has 31 heavy (non-hydrogen) atoms. The van der Waals surface area contributed by atoms with Crippen molar-refractivity contribution in [2.24, 2.45) is 0 Å². The van der Waals surface area contributed by atoms with Gasteiger partial charge < -0.3 is 20.1 Å². The Labute approximate surface area is 183 Å². The maximum Gasteiger partial charge on any atom is 0.251 e. The van der Waals surface area contributed by atoms with Crippen molar-refractivity contribution < 1.29 is 19.1 Å². The molecule has 164 valence electrons. The molecule has 0 atom stereocenters. The molecule has 0 saturated heterocycles. The number of unbranched alkanes of at least 4 members (excludes halogenated alkanes) is 1. The molecule has 2 amide bonds. The van der Waals surface area contributed by atoms with E-state index in [-0.39, 0.29) is 17.9 Å². The molecular formula is C25H30N2O4. The van der Waals surface area contributed by atoms with Crippen molar-refractivity contribution in [3.05, 3.63) is 59.2 Å². The predicted octanol–water partition coefficient (Wildman–Crippen LogP) is 4.73. The summed E-state index contributed by atoms with van der Waals surface area (Å²) in [4.78, 5) is 24.7. The molecule has 1 aliphatic carbocycles. The first-order chi connectivity index (χ1) is 15.0. The molecule has 1 fully saturated rings. The highest BCUT2D eigenvalue weighted by Gasteiger charge is 2.24. The zero-order valence-corrected chi connectivity index (χ0v) is 18.4. The quantitative estimate of drug-likeness (QED) is 0.429. The number of amides is 2. The van der Waals surface area contributed by atoms with Crippen molar-refractivity contribution in [1.82, 2.24) is 5.32 Å². The normalized spacial score (nSPS) is 13.1. The average Bonchev–Trinajstić information content (AvgIpc) is 3.58. The van der Waals surface area contributed by atoms with Crippen LogP contribution in [-0.4, -0.2) is 31.6 Å². The van der Waals surface area contributed by atoms with E-state index in [2.05, 4.69) is 17.6 Å². The van der Waals surface area contributed by atoms with Gasteiger partial charge in [-0.15, -0.1) is 0 Å². The summed E-state index contributed by atoms with van der Waals surface area (Å²) in [5.74, 6) is 0.935. The predicted molar refractivity (Wildman–Crippen MR) is 123 cm³/mol. The summed E-state index contributed by atoms with van der Waals surface area (Å²) in [7, 11) is 1.59. The van der Waals surface area contributed by atoms with Crippen molar-refractivity contribution in [3.63, 3.8) is 0 Å². The van der Waals surface area contributed by atoms with Crippen LogP contribution in [0.5, 0.6) is 11.5 Å². The molecule has 3 rings (SSSR count). The molecular weight excluding hydrogens is 392 g/mol. The number of benzene rings is 2. The Morgan fingerprint density at radius 3 is 2.65 bits per heavy atom. The summed E-state index contributed by atoms with van der Waals surface area (Å²) >= 11 is 0. The maximum atomic E-state index is 12.4. The van der Waals surface area contributed by atoms with Crippen molar-refractivity contribution in [2.75, 3.05) is 19.0 Å². The van der Waals surface area contributed by atoms with Gasteiger partial charge in [-0.3, -0.25) is 9.59 Å². The van der Waals surface area contributed by atoms with Gasteiger partial charge in [0.05, 0.1) is 13.7 Å². The maximum absolute atomic E-state index is 12.4. The second kappa shape index (κ2) is 10.7. The van der Waals surface area contributed by atoms with Crippen LogP contribution in [0.3, 0.4) is 0 Å². The number of carbonyl (C=O) groups excluding carboxylic acids is 2. The van der Waals surface area contributed by atoms with E-state index in [4.69, 9.17) is 9.47 Å². The number of nitrogens with one attached hydrogen (secondary N) is 2. The largest absolute Gasteiger partial charge is 0.493 e. The van der Waals surface area contributed by atoms with E-state index in [1.165, 1.54) is 6.08 Å². The van der Waals surface area contributed by atoms with Crippen LogP contribution in [0.2, 0.25) is 0 Å². The molecule has 2 N–H and O–H groups in total. The third-order valence-corrected chi connectivity index (χ3v) is 5.04. The van der Waals surface area contributed by atoms with Crippen LogP contribution in [0.15, 0.2) is 42.5 Å². The highest BCUT2D eigenvalue weighted by atomic mass is 16.5. The molecule has 0 spiro atoms. The number of aryl methyl sites for hydroxylation is 1. The van der Waals surface area contributed by atoms with Crippen molar-refractivity contribution in [1.29, 1.82) is 0 Å². The molecule has 0 bridgehead atoms. The second-order valence-electron chi connectivity index (χ2n) is 7.71. The van der Waals surface area contributed by atoms with E-state index in [1.54, 1.807) is 25.3 Å². The summed E-state index contributed by atoms with van der Waals surface area (Å²) < 4.78 is 11.1. The minimum atomic E-state index is -0.273. The molecule has 0 heterocycles. The highest BCUT2D eigenvalue weighted by molar-refractivity contribution is 6.03. The fourth-order valence-electron chi connectivity index (χ4n) is 2.97. The molecule has 6 nitrogen and oxygen atoms in total. The Balaban J connectivity index is 1.64. The fraction of sp³-hybridized carbons (Fsp3) is 0.360. The van der Waals surface area contributed by atoms with Gasteiger partial charge in [0.15, 0.2) is 11.5 Å². The number of ether oxygens (including phenoxy) is 2. The lowest BCUT2D eigenvalue weighted by molar-refractivity contribution is -0.111. The lowest BCUT2D eigenvalue weighted by Crippen LogP contribution is -2.25. The van der Waals surface area contributed by atoms with Gasteiger partial charge in [-0.05, 0) is 67.7 Å². The van der Waals surface area contributed by atoms with Crippen molar-refractivity contribution in [3.8, 4) is 11.5 Å². The Hall–Kier alpha value is -3.28. The Bertz CT molecular complexity index is 964. The van der Waals surface area contributed by atoms with Crippen LogP contribution >= 0.6 is 0 Å². The molecule has 0 unspecified atom stereocenters. The summed E-state index contributed by atoms with van der Waals surface area (Å²) in [5, 5.41) is 5.82. The fourth-order valence-corrected chi connectivity index (χ4v) is 2.97. The summed E-state index contributed by atoms with van der Waals surface area (Å²) in [6.07, 6.45) is 7.28. The Morgan fingerprint density at radius 1 is 1.13 bits per heavy atom. The number of methoxy groups -OCH3 is 1. The van der Waals surface area contributed by atoms with Gasteiger partial charge in [-0.25, -0.2) is 0 Å². The average molecular weight is 423 g/mol. The van der Waals surface area contributed by atoms with Gasteiger partial charge in [0.25, 0.3) is 5.91 Å². The number of hydrogen-bond donors (Lipinski definition) is 2. The second-order valence-corrected chi connectivity index (χ2v) is 7.71. The Kier molecular flexibility index (Phi) is 7.70. The Morgan fingerprint density at radius 2 is 1.94 bits per heavy atom. The van der Waals surface area contributed by atoms with E-state index in [9.17, 15) is 9.59 Å². The lowest BCUT2D eigenvalue weighted by Gasteiger charge is -2.11. The minimum Gasteiger partial charge on any atom is -0.493 e. The minimum absolute atomic E-state index is 0.109. The molecule has 0 aliphatic heterocycles. The van der Waals surface area contributed by atoms with Crippen LogP contribution in [0.1, 0.15) is 54.1 Å². The van der Waals surface area contributed by atoms with E-state index in [0.29, 0.717) is 29.4 Å². The zero-order chi connectivity index (χ0) is 22.2. The van der Waals surface area contributed by atoms with Crippen LogP contribution < -0.4 is 20.1 Å². The van der Waals surface area contributed by atoms with Gasteiger partial charge in [0.2, 0.25) is 5.91 Å².